The predicted molar refractivity (Wildman–Crippen MR) is 181 cm³/mol. The van der Waals surface area contributed by atoms with Crippen LogP contribution in [0, 0.1) is 46.3 Å². The second kappa shape index (κ2) is 11.9. The predicted octanol–water partition coefficient (Wildman–Crippen LogP) is 6.58. The van der Waals surface area contributed by atoms with Crippen molar-refractivity contribution >= 4 is 11.9 Å². The Balaban J connectivity index is 1.08. The zero-order valence-corrected chi connectivity index (χ0v) is 29.3. The van der Waals surface area contributed by atoms with E-state index in [0.717, 1.165) is 38.7 Å². The fourth-order valence-corrected chi connectivity index (χ4v) is 12.1. The van der Waals surface area contributed by atoms with Gasteiger partial charge in [-0.3, -0.25) is 0 Å². The van der Waals surface area contributed by atoms with Crippen molar-refractivity contribution in [3.05, 3.63) is 71.8 Å². The highest BCUT2D eigenvalue weighted by Crippen LogP contribution is 2.72. The second-order valence-electron chi connectivity index (χ2n) is 17.0. The third-order valence-corrected chi connectivity index (χ3v) is 14.6. The molecule has 264 valence electrons. The Hall–Kier alpha value is -2.78. The molecule has 8 heteroatoms. The van der Waals surface area contributed by atoms with Crippen LogP contribution in [0.2, 0.25) is 0 Å². The molecule has 14 atom stereocenters. The van der Waals surface area contributed by atoms with Crippen molar-refractivity contribution in [1.82, 2.24) is 0 Å². The van der Waals surface area contributed by atoms with Gasteiger partial charge in [-0.1, -0.05) is 64.1 Å². The smallest absolute Gasteiger partial charge is 0.338 e. The maximum absolute atomic E-state index is 13.5. The number of esters is 2. The number of benzene rings is 2. The van der Waals surface area contributed by atoms with Gasteiger partial charge in [-0.2, -0.15) is 0 Å². The maximum atomic E-state index is 13.5. The van der Waals surface area contributed by atoms with Crippen molar-refractivity contribution in [2.45, 2.75) is 115 Å². The summed E-state index contributed by atoms with van der Waals surface area (Å²) in [7, 11) is 0. The third kappa shape index (κ3) is 5.06. The molecule has 2 aromatic rings. The summed E-state index contributed by atoms with van der Waals surface area (Å²) >= 11 is 0. The molecule has 4 aliphatic carbocycles. The molecule has 0 amide bonds. The lowest BCUT2D eigenvalue weighted by atomic mass is 9.42. The number of ether oxygens (including phenoxy) is 4. The summed E-state index contributed by atoms with van der Waals surface area (Å²) in [5, 5.41) is 24.7. The zero-order valence-electron chi connectivity index (χ0n) is 29.3. The summed E-state index contributed by atoms with van der Waals surface area (Å²) in [6.07, 6.45) is 3.05. The number of rotatable bonds is 4. The molecule has 4 saturated carbocycles. The number of fused-ring (bicyclic) bond motifs is 7. The van der Waals surface area contributed by atoms with Crippen LogP contribution in [0.1, 0.15) is 99.8 Å². The molecule has 49 heavy (non-hydrogen) atoms. The minimum atomic E-state index is -1.52. The molecule has 2 aliphatic heterocycles. The number of hydrogen-bond acceptors (Lipinski definition) is 8. The molecule has 0 radical (unpaired) electrons. The molecule has 2 heterocycles. The van der Waals surface area contributed by atoms with Gasteiger partial charge in [0.25, 0.3) is 0 Å². The molecule has 0 unspecified atom stereocenters. The van der Waals surface area contributed by atoms with Gasteiger partial charge in [-0.05, 0) is 97.8 Å². The van der Waals surface area contributed by atoms with Crippen LogP contribution in [0.4, 0.5) is 0 Å². The highest BCUT2D eigenvalue weighted by Gasteiger charge is 2.73. The largest absolute Gasteiger partial charge is 0.455 e. The van der Waals surface area contributed by atoms with Crippen LogP contribution in [-0.4, -0.2) is 64.6 Å². The van der Waals surface area contributed by atoms with Crippen LogP contribution >= 0.6 is 0 Å². The number of carbonyl (C=O) groups excluding carboxylic acids is 2. The molecular formula is C41H52O8. The third-order valence-electron chi connectivity index (χ3n) is 14.6. The van der Waals surface area contributed by atoms with Crippen LogP contribution < -0.4 is 0 Å². The summed E-state index contributed by atoms with van der Waals surface area (Å²) in [6, 6.07) is 17.5. The van der Waals surface area contributed by atoms with Crippen molar-refractivity contribution < 1.29 is 38.7 Å². The van der Waals surface area contributed by atoms with Crippen molar-refractivity contribution in [2.75, 3.05) is 6.61 Å². The van der Waals surface area contributed by atoms with E-state index in [2.05, 4.69) is 27.7 Å². The normalized spacial score (nSPS) is 47.0. The first-order valence-electron chi connectivity index (χ1n) is 18.6. The Morgan fingerprint density at radius 1 is 0.816 bits per heavy atom. The van der Waals surface area contributed by atoms with Gasteiger partial charge in [0.2, 0.25) is 0 Å². The molecule has 0 bridgehead atoms. The first kappa shape index (κ1) is 33.4. The average molecular weight is 673 g/mol. The number of carbonyl (C=O) groups is 2. The molecule has 1 spiro atoms. The Labute approximate surface area is 289 Å². The summed E-state index contributed by atoms with van der Waals surface area (Å²) in [5.74, 6) is 0.296. The Morgan fingerprint density at radius 3 is 2.02 bits per heavy atom. The lowest BCUT2D eigenvalue weighted by molar-refractivity contribution is -0.286. The molecule has 8 nitrogen and oxygen atoms in total. The number of aliphatic hydroxyl groups is 2. The van der Waals surface area contributed by atoms with E-state index in [9.17, 15) is 19.8 Å². The van der Waals surface area contributed by atoms with Gasteiger partial charge in [0, 0.05) is 24.2 Å². The zero-order chi connectivity index (χ0) is 34.3. The molecule has 6 aliphatic rings. The molecule has 6 fully saturated rings. The highest BCUT2D eigenvalue weighted by atomic mass is 16.7. The summed E-state index contributed by atoms with van der Waals surface area (Å²) in [6.45, 7) is 9.85. The van der Waals surface area contributed by atoms with Crippen LogP contribution in [0.25, 0.3) is 0 Å². The van der Waals surface area contributed by atoms with Crippen LogP contribution in [-0.2, 0) is 18.9 Å². The van der Waals surface area contributed by atoms with E-state index in [0.29, 0.717) is 35.3 Å². The lowest BCUT2D eigenvalue weighted by Gasteiger charge is -2.66. The monoisotopic (exact) mass is 672 g/mol. The molecule has 2 saturated heterocycles. The van der Waals surface area contributed by atoms with Crippen molar-refractivity contribution in [3.8, 4) is 0 Å². The van der Waals surface area contributed by atoms with E-state index in [4.69, 9.17) is 18.9 Å². The summed E-state index contributed by atoms with van der Waals surface area (Å²) < 4.78 is 25.7. The standard InChI is InChI=1S/C41H52O8/c1-24-15-18-41(46-23-24)25(2)35-31(49-41)20-30-28-19-34(42)40(45)22-33(48-37(44)27-13-9-6-10-14-27)32(47-36(43)26-11-7-5-8-12-26)21-39(40,4)29(28)16-17-38(30,35)3/h5-14,24-25,28-35,42,45H,15-23H2,1-4H3/t24-,25+,28-,29-,30-,31+,32-,33-,34-,35+,38+,39-,40+,41-/m1/s1. The fraction of sp³-hybridized carbons (Fsp3) is 0.659. The van der Waals surface area contributed by atoms with Gasteiger partial charge in [-0.15, -0.1) is 0 Å². The SMILES string of the molecule is C[C@@H]1CC[C@@]2(OC1)O[C@H]1C[C@@H]3[C@@H]4C[C@@H](O)[C@@]5(O)C[C@@H](OC(=O)c6ccccc6)[C@H](OC(=O)c6ccccc6)C[C@]5(C)[C@@H]4CC[C@]3(C)[C@H]1[C@@H]2C. The minimum Gasteiger partial charge on any atom is -0.455 e. The van der Waals surface area contributed by atoms with E-state index < -0.39 is 47.1 Å². The van der Waals surface area contributed by atoms with Crippen molar-refractivity contribution in [3.63, 3.8) is 0 Å². The van der Waals surface area contributed by atoms with Crippen LogP contribution in [0.5, 0.6) is 0 Å². The number of hydrogen-bond donors (Lipinski definition) is 2. The molecular weight excluding hydrogens is 620 g/mol. The molecule has 2 N–H and O–H groups in total. The highest BCUT2D eigenvalue weighted by molar-refractivity contribution is 5.90. The van der Waals surface area contributed by atoms with Gasteiger partial charge < -0.3 is 29.2 Å². The van der Waals surface area contributed by atoms with E-state index in [1.54, 1.807) is 48.5 Å². The van der Waals surface area contributed by atoms with Gasteiger partial charge in [0.1, 0.15) is 12.2 Å². The van der Waals surface area contributed by atoms with Gasteiger partial charge in [0.05, 0.1) is 35.5 Å². The van der Waals surface area contributed by atoms with Crippen LogP contribution in [0.15, 0.2) is 60.7 Å². The molecule has 2 aromatic carbocycles. The fourth-order valence-electron chi connectivity index (χ4n) is 12.1. The second-order valence-corrected chi connectivity index (χ2v) is 17.0. The van der Waals surface area contributed by atoms with Gasteiger partial charge in [-0.25, -0.2) is 9.59 Å². The van der Waals surface area contributed by atoms with E-state index in [1.165, 1.54) is 0 Å². The van der Waals surface area contributed by atoms with Gasteiger partial charge >= 0.3 is 11.9 Å². The number of aliphatic hydroxyl groups excluding tert-OH is 1. The van der Waals surface area contributed by atoms with Gasteiger partial charge in [0.15, 0.2) is 5.79 Å². The molecule has 0 aromatic heterocycles. The van der Waals surface area contributed by atoms with E-state index >= 15 is 0 Å². The molecule has 8 rings (SSSR count). The first-order valence-corrected chi connectivity index (χ1v) is 18.6. The van der Waals surface area contributed by atoms with E-state index in [1.807, 2.05) is 12.1 Å². The quantitative estimate of drug-likeness (QED) is 0.351. The average Bonchev–Trinajstić information content (AvgIpc) is 3.54. The minimum absolute atomic E-state index is 0.00912. The Bertz CT molecular complexity index is 1560. The van der Waals surface area contributed by atoms with Crippen molar-refractivity contribution in [1.29, 1.82) is 0 Å². The van der Waals surface area contributed by atoms with E-state index in [-0.39, 0.29) is 42.1 Å². The summed E-state index contributed by atoms with van der Waals surface area (Å²) in [5.41, 5.74) is -1.47. The lowest BCUT2D eigenvalue weighted by Crippen LogP contribution is -2.71. The first-order chi connectivity index (χ1) is 23.4. The summed E-state index contributed by atoms with van der Waals surface area (Å²) in [4.78, 5) is 26.8. The Kier molecular flexibility index (Phi) is 8.10. The van der Waals surface area contributed by atoms with Crippen LogP contribution in [0.3, 0.4) is 0 Å². The maximum Gasteiger partial charge on any atom is 0.338 e. The Morgan fingerprint density at radius 2 is 1.43 bits per heavy atom. The topological polar surface area (TPSA) is 112 Å². The van der Waals surface area contributed by atoms with Crippen molar-refractivity contribution in [2.24, 2.45) is 46.3 Å².